The van der Waals surface area contributed by atoms with Crippen LogP contribution in [0.2, 0.25) is 0 Å². The molecule has 1 aliphatic heterocycles. The van der Waals surface area contributed by atoms with Gasteiger partial charge in [-0.25, -0.2) is 0 Å². The van der Waals surface area contributed by atoms with Crippen molar-refractivity contribution in [2.45, 2.75) is 230 Å². The second-order valence-corrected chi connectivity index (χ2v) is 15.8. The van der Waals surface area contributed by atoms with Gasteiger partial charge in [0.25, 0.3) is 0 Å². The molecule has 1 heterocycles. The molecule has 0 aromatic carbocycles. The fourth-order valence-electron chi connectivity index (χ4n) is 6.87. The van der Waals surface area contributed by atoms with E-state index < -0.39 is 43.4 Å². The number of carbonyl (C=O) groups is 1. The first-order valence-corrected chi connectivity index (χ1v) is 23.1. The van der Waals surface area contributed by atoms with Gasteiger partial charge in [0.1, 0.15) is 30.5 Å². The zero-order valence-electron chi connectivity index (χ0n) is 35.9. The molecule has 328 valence electrons. The fraction of sp³-hybridized carbons (Fsp3) is 0.851. The standard InChI is InChI=1S/C47H86O9/c1-3-5-7-9-11-13-15-17-19-21-22-24-26-28-30-32-34-36-43(49)55-41(40-54-47-46(52)45(51)44(50)42(38-48)56-47)39-53-37-35-33-31-29-27-25-23-20-18-16-14-12-10-8-6-4-2/h12,14,17-20,41-42,44-48,50-52H,3-11,13,15-16,21-40H2,1-2H3/b14-12-,19-17-,20-18-. The van der Waals surface area contributed by atoms with E-state index in [0.29, 0.717) is 13.0 Å². The first-order chi connectivity index (χ1) is 27.4. The van der Waals surface area contributed by atoms with E-state index in [9.17, 15) is 25.2 Å². The molecule has 0 radical (unpaired) electrons. The van der Waals surface area contributed by atoms with E-state index in [1.807, 2.05) is 0 Å². The molecule has 0 aromatic heterocycles. The lowest BCUT2D eigenvalue weighted by Gasteiger charge is -2.39. The molecule has 0 aliphatic carbocycles. The van der Waals surface area contributed by atoms with Crippen LogP contribution in [0.25, 0.3) is 0 Å². The van der Waals surface area contributed by atoms with Crippen molar-refractivity contribution < 1.29 is 44.2 Å². The molecule has 4 N–H and O–H groups in total. The number of carbonyl (C=O) groups excluding carboxylic acids is 1. The highest BCUT2D eigenvalue weighted by molar-refractivity contribution is 5.69. The smallest absolute Gasteiger partial charge is 0.306 e. The SMILES string of the molecule is CCCCC/C=C\C/C=C\CCCCCCCCOCC(COC1OC(CO)C(O)C(O)C1O)OC(=O)CCCCCCCCC/C=C\CCCCCCCC. The quantitative estimate of drug-likeness (QED) is 0.0272. The van der Waals surface area contributed by atoms with E-state index in [-0.39, 0.29) is 19.2 Å². The van der Waals surface area contributed by atoms with Crippen molar-refractivity contribution in [1.82, 2.24) is 0 Å². The zero-order chi connectivity index (χ0) is 40.7. The van der Waals surface area contributed by atoms with Gasteiger partial charge in [-0.3, -0.25) is 4.79 Å². The van der Waals surface area contributed by atoms with E-state index in [1.165, 1.54) is 122 Å². The van der Waals surface area contributed by atoms with Gasteiger partial charge in [-0.2, -0.15) is 0 Å². The van der Waals surface area contributed by atoms with Gasteiger partial charge in [0.05, 0.1) is 19.8 Å². The lowest BCUT2D eigenvalue weighted by atomic mass is 9.99. The maximum absolute atomic E-state index is 12.8. The number of hydrogen-bond acceptors (Lipinski definition) is 9. The largest absolute Gasteiger partial charge is 0.457 e. The molecule has 0 saturated carbocycles. The Morgan fingerprint density at radius 1 is 0.571 bits per heavy atom. The zero-order valence-corrected chi connectivity index (χ0v) is 35.9. The molecular formula is C47H86O9. The minimum atomic E-state index is -1.54. The minimum Gasteiger partial charge on any atom is -0.457 e. The third-order valence-corrected chi connectivity index (χ3v) is 10.5. The molecule has 56 heavy (non-hydrogen) atoms. The van der Waals surface area contributed by atoms with Gasteiger partial charge in [-0.05, 0) is 70.6 Å². The number of aliphatic hydroxyl groups is 4. The monoisotopic (exact) mass is 795 g/mol. The number of hydrogen-bond donors (Lipinski definition) is 4. The summed E-state index contributed by atoms with van der Waals surface area (Å²) in [4.78, 5) is 12.8. The molecule has 0 amide bonds. The Labute approximate surface area is 342 Å². The number of unbranched alkanes of at least 4 members (excludes halogenated alkanes) is 22. The third kappa shape index (κ3) is 29.6. The topological polar surface area (TPSA) is 135 Å². The number of esters is 1. The van der Waals surface area contributed by atoms with Crippen LogP contribution < -0.4 is 0 Å². The second-order valence-electron chi connectivity index (χ2n) is 15.8. The maximum Gasteiger partial charge on any atom is 0.306 e. The van der Waals surface area contributed by atoms with Crippen LogP contribution in [0.5, 0.6) is 0 Å². The molecule has 9 heteroatoms. The average molecular weight is 795 g/mol. The van der Waals surface area contributed by atoms with Crippen molar-refractivity contribution in [3.63, 3.8) is 0 Å². The summed E-state index contributed by atoms with van der Waals surface area (Å²) in [5.41, 5.74) is 0. The van der Waals surface area contributed by atoms with Crippen LogP contribution in [0.3, 0.4) is 0 Å². The summed E-state index contributed by atoms with van der Waals surface area (Å²) < 4.78 is 22.8. The highest BCUT2D eigenvalue weighted by Crippen LogP contribution is 2.22. The normalized spacial score (nSPS) is 20.9. The Kier molecular flexibility index (Phi) is 36.4. The van der Waals surface area contributed by atoms with Crippen LogP contribution in [-0.2, 0) is 23.7 Å². The molecule has 0 aromatic rings. The molecule has 0 bridgehead atoms. The molecule has 6 atom stereocenters. The van der Waals surface area contributed by atoms with Crippen molar-refractivity contribution in [3.05, 3.63) is 36.5 Å². The van der Waals surface area contributed by atoms with E-state index in [2.05, 4.69) is 50.3 Å². The van der Waals surface area contributed by atoms with E-state index in [4.69, 9.17) is 18.9 Å². The molecule has 1 aliphatic rings. The maximum atomic E-state index is 12.8. The number of allylic oxidation sites excluding steroid dienone is 6. The van der Waals surface area contributed by atoms with E-state index in [0.717, 1.165) is 51.4 Å². The number of aliphatic hydroxyl groups excluding tert-OH is 4. The Balaban J connectivity index is 2.27. The predicted octanol–water partition coefficient (Wildman–Crippen LogP) is 10.4. The first-order valence-electron chi connectivity index (χ1n) is 23.1. The molecule has 1 fully saturated rings. The van der Waals surface area contributed by atoms with E-state index >= 15 is 0 Å². The van der Waals surface area contributed by atoms with Gasteiger partial charge in [0.2, 0.25) is 0 Å². The summed E-state index contributed by atoms with van der Waals surface area (Å²) in [7, 11) is 0. The van der Waals surface area contributed by atoms with Crippen molar-refractivity contribution in [2.24, 2.45) is 0 Å². The van der Waals surface area contributed by atoms with Crippen LogP contribution >= 0.6 is 0 Å². The van der Waals surface area contributed by atoms with Gasteiger partial charge in [0, 0.05) is 13.0 Å². The molecule has 0 spiro atoms. The molecule has 9 nitrogen and oxygen atoms in total. The highest BCUT2D eigenvalue weighted by Gasteiger charge is 2.44. The van der Waals surface area contributed by atoms with Crippen LogP contribution in [0.15, 0.2) is 36.5 Å². The molecule has 1 saturated heterocycles. The van der Waals surface area contributed by atoms with Crippen molar-refractivity contribution in [2.75, 3.05) is 26.4 Å². The van der Waals surface area contributed by atoms with E-state index in [1.54, 1.807) is 0 Å². The van der Waals surface area contributed by atoms with Crippen molar-refractivity contribution in [3.8, 4) is 0 Å². The van der Waals surface area contributed by atoms with Crippen LogP contribution in [0.1, 0.15) is 194 Å². The summed E-state index contributed by atoms with van der Waals surface area (Å²) in [6, 6.07) is 0. The summed E-state index contributed by atoms with van der Waals surface area (Å²) in [6.45, 7) is 4.51. The Morgan fingerprint density at radius 3 is 1.59 bits per heavy atom. The van der Waals surface area contributed by atoms with Crippen molar-refractivity contribution >= 4 is 5.97 Å². The van der Waals surface area contributed by atoms with Gasteiger partial charge in [-0.1, -0.05) is 153 Å². The minimum absolute atomic E-state index is 0.119. The molecule has 1 rings (SSSR count). The number of ether oxygens (including phenoxy) is 4. The molecule has 6 unspecified atom stereocenters. The Morgan fingerprint density at radius 2 is 1.04 bits per heavy atom. The van der Waals surface area contributed by atoms with Crippen LogP contribution in [0, 0.1) is 0 Å². The fourth-order valence-corrected chi connectivity index (χ4v) is 6.87. The molecular weight excluding hydrogens is 709 g/mol. The summed E-state index contributed by atoms with van der Waals surface area (Å²) in [6.07, 6.45) is 38.8. The lowest BCUT2D eigenvalue weighted by Crippen LogP contribution is -2.59. The summed E-state index contributed by atoms with van der Waals surface area (Å²) in [5, 5.41) is 40.1. The third-order valence-electron chi connectivity index (χ3n) is 10.5. The van der Waals surface area contributed by atoms with Gasteiger partial charge >= 0.3 is 5.97 Å². The van der Waals surface area contributed by atoms with Crippen LogP contribution in [-0.4, -0.2) is 89.6 Å². The Hall–Kier alpha value is -1.59. The Bertz CT molecular complexity index is 952. The summed E-state index contributed by atoms with van der Waals surface area (Å²) >= 11 is 0. The van der Waals surface area contributed by atoms with Crippen molar-refractivity contribution in [1.29, 1.82) is 0 Å². The summed E-state index contributed by atoms with van der Waals surface area (Å²) in [5.74, 6) is -0.322. The van der Waals surface area contributed by atoms with Crippen LogP contribution in [0.4, 0.5) is 0 Å². The average Bonchev–Trinajstić information content (AvgIpc) is 3.20. The van der Waals surface area contributed by atoms with Gasteiger partial charge < -0.3 is 39.4 Å². The van der Waals surface area contributed by atoms with Gasteiger partial charge in [-0.15, -0.1) is 0 Å². The predicted molar refractivity (Wildman–Crippen MR) is 228 cm³/mol. The highest BCUT2D eigenvalue weighted by atomic mass is 16.7. The first kappa shape index (κ1) is 52.4. The number of rotatable bonds is 39. The lowest BCUT2D eigenvalue weighted by molar-refractivity contribution is -0.305. The second kappa shape index (κ2) is 38.9. The van der Waals surface area contributed by atoms with Gasteiger partial charge in [0.15, 0.2) is 6.29 Å².